The maximum atomic E-state index is 13.2. The van der Waals surface area contributed by atoms with Crippen molar-refractivity contribution in [3.8, 4) is 0 Å². The van der Waals surface area contributed by atoms with E-state index in [2.05, 4.69) is 14.8 Å². The number of halogens is 2. The lowest BCUT2D eigenvalue weighted by Crippen LogP contribution is -2.34. The Morgan fingerprint density at radius 1 is 1.17 bits per heavy atom. The van der Waals surface area contributed by atoms with Crippen molar-refractivity contribution in [2.75, 3.05) is 0 Å². The first-order valence-electron chi connectivity index (χ1n) is 6.60. The van der Waals surface area contributed by atoms with Gasteiger partial charge in [-0.15, -0.1) is 10.2 Å². The molecule has 0 aromatic carbocycles. The van der Waals surface area contributed by atoms with E-state index in [4.69, 9.17) is 5.73 Å². The number of rotatable bonds is 1. The fourth-order valence-corrected chi connectivity index (χ4v) is 2.97. The number of nitrogens with zero attached hydrogens (tertiary/aromatic N) is 3. The van der Waals surface area contributed by atoms with Gasteiger partial charge < -0.3 is 10.3 Å². The van der Waals surface area contributed by atoms with Crippen LogP contribution in [0.3, 0.4) is 0 Å². The number of alkyl halides is 2. The third-order valence-corrected chi connectivity index (χ3v) is 4.09. The summed E-state index contributed by atoms with van der Waals surface area (Å²) in [5.74, 6) is -0.534. The SMILES string of the molecule is NC1CCc2nnc(C3CCC(F)(F)CC3)n2C1. The Bertz CT molecular complexity index is 433. The molecule has 100 valence electrons. The summed E-state index contributed by atoms with van der Waals surface area (Å²) in [6.07, 6.45) is 2.70. The number of hydrogen-bond donors (Lipinski definition) is 1. The minimum absolute atomic E-state index is 0.0358. The van der Waals surface area contributed by atoms with Crippen LogP contribution in [-0.4, -0.2) is 26.7 Å². The van der Waals surface area contributed by atoms with Crippen LogP contribution in [0.1, 0.15) is 49.7 Å². The number of hydrogen-bond acceptors (Lipinski definition) is 3. The minimum atomic E-state index is -2.49. The van der Waals surface area contributed by atoms with Gasteiger partial charge in [-0.2, -0.15) is 0 Å². The standard InChI is InChI=1S/C12H18F2N4/c13-12(14)5-3-8(4-6-12)11-17-16-10-2-1-9(15)7-18(10)11/h8-9H,1-7,15H2. The molecule has 0 radical (unpaired) electrons. The topological polar surface area (TPSA) is 56.7 Å². The maximum absolute atomic E-state index is 13.2. The zero-order chi connectivity index (χ0) is 12.8. The first kappa shape index (κ1) is 12.0. The molecule has 1 aromatic heterocycles. The summed E-state index contributed by atoms with van der Waals surface area (Å²) in [5.41, 5.74) is 5.95. The Kier molecular flexibility index (Phi) is 2.84. The van der Waals surface area contributed by atoms with Crippen molar-refractivity contribution >= 4 is 0 Å². The quantitative estimate of drug-likeness (QED) is 0.834. The zero-order valence-electron chi connectivity index (χ0n) is 10.3. The molecule has 2 N–H and O–H groups in total. The van der Waals surface area contributed by atoms with Gasteiger partial charge in [-0.1, -0.05) is 0 Å². The highest BCUT2D eigenvalue weighted by atomic mass is 19.3. The van der Waals surface area contributed by atoms with E-state index < -0.39 is 5.92 Å². The highest BCUT2D eigenvalue weighted by Gasteiger charge is 2.37. The monoisotopic (exact) mass is 256 g/mol. The van der Waals surface area contributed by atoms with Gasteiger partial charge in [0.1, 0.15) is 11.6 Å². The Labute approximate surface area is 105 Å². The summed E-state index contributed by atoms with van der Waals surface area (Å²) in [4.78, 5) is 0. The second kappa shape index (κ2) is 4.26. The molecule has 1 fully saturated rings. The van der Waals surface area contributed by atoms with Gasteiger partial charge in [0.05, 0.1) is 0 Å². The van der Waals surface area contributed by atoms with Gasteiger partial charge in [0.2, 0.25) is 5.92 Å². The summed E-state index contributed by atoms with van der Waals surface area (Å²) >= 11 is 0. The smallest absolute Gasteiger partial charge is 0.248 e. The van der Waals surface area contributed by atoms with Crippen molar-refractivity contribution in [3.63, 3.8) is 0 Å². The Balaban J connectivity index is 1.79. The molecule has 0 saturated heterocycles. The third-order valence-electron chi connectivity index (χ3n) is 4.09. The van der Waals surface area contributed by atoms with Gasteiger partial charge >= 0.3 is 0 Å². The molecule has 1 atom stereocenters. The summed E-state index contributed by atoms with van der Waals surface area (Å²) in [6, 6.07) is 0.136. The highest BCUT2D eigenvalue weighted by molar-refractivity contribution is 5.07. The highest BCUT2D eigenvalue weighted by Crippen LogP contribution is 2.40. The second-order valence-corrected chi connectivity index (χ2v) is 5.51. The van der Waals surface area contributed by atoms with Crippen LogP contribution in [0.2, 0.25) is 0 Å². The van der Waals surface area contributed by atoms with Crippen molar-refractivity contribution < 1.29 is 8.78 Å². The lowest BCUT2D eigenvalue weighted by molar-refractivity contribution is -0.0390. The summed E-state index contributed by atoms with van der Waals surface area (Å²) in [7, 11) is 0. The summed E-state index contributed by atoms with van der Waals surface area (Å²) in [5, 5.41) is 8.39. The van der Waals surface area contributed by atoms with Crippen LogP contribution in [0.15, 0.2) is 0 Å². The van der Waals surface area contributed by atoms with E-state index in [0.29, 0.717) is 12.8 Å². The molecule has 1 saturated carbocycles. The first-order chi connectivity index (χ1) is 8.55. The Morgan fingerprint density at radius 3 is 2.61 bits per heavy atom. The number of fused-ring (bicyclic) bond motifs is 1. The molecule has 3 rings (SSSR count). The first-order valence-corrected chi connectivity index (χ1v) is 6.60. The molecule has 1 aromatic rings. The van der Waals surface area contributed by atoms with Crippen molar-refractivity contribution in [2.24, 2.45) is 5.73 Å². The molecule has 6 heteroatoms. The maximum Gasteiger partial charge on any atom is 0.248 e. The summed E-state index contributed by atoms with van der Waals surface area (Å²) < 4.78 is 28.4. The van der Waals surface area contributed by atoms with Crippen molar-refractivity contribution in [2.45, 2.75) is 63.0 Å². The van der Waals surface area contributed by atoms with Crippen molar-refractivity contribution in [3.05, 3.63) is 11.6 Å². The molecular formula is C12H18F2N4. The summed E-state index contributed by atoms with van der Waals surface area (Å²) in [6.45, 7) is 0.727. The van der Waals surface area contributed by atoms with Crippen molar-refractivity contribution in [1.29, 1.82) is 0 Å². The fraction of sp³-hybridized carbons (Fsp3) is 0.833. The molecule has 0 bridgehead atoms. The molecule has 1 aliphatic heterocycles. The van der Waals surface area contributed by atoms with Gasteiger partial charge in [-0.05, 0) is 19.3 Å². The van der Waals surface area contributed by atoms with E-state index in [9.17, 15) is 8.78 Å². The van der Waals surface area contributed by atoms with Crippen LogP contribution in [0.25, 0.3) is 0 Å². The third kappa shape index (κ3) is 2.13. The molecule has 0 amide bonds. The Morgan fingerprint density at radius 2 is 1.89 bits per heavy atom. The molecular weight excluding hydrogens is 238 g/mol. The van der Waals surface area contributed by atoms with Crippen LogP contribution in [-0.2, 0) is 13.0 Å². The van der Waals surface area contributed by atoms with E-state index in [0.717, 1.165) is 31.0 Å². The fourth-order valence-electron chi connectivity index (χ4n) is 2.97. The van der Waals surface area contributed by atoms with Crippen LogP contribution in [0.4, 0.5) is 8.78 Å². The predicted octanol–water partition coefficient (Wildman–Crippen LogP) is 1.84. The van der Waals surface area contributed by atoms with E-state index >= 15 is 0 Å². The molecule has 2 heterocycles. The van der Waals surface area contributed by atoms with E-state index in [1.807, 2.05) is 0 Å². The van der Waals surface area contributed by atoms with Crippen LogP contribution in [0.5, 0.6) is 0 Å². The molecule has 2 aliphatic rings. The average Bonchev–Trinajstić information content (AvgIpc) is 2.72. The molecule has 4 nitrogen and oxygen atoms in total. The average molecular weight is 256 g/mol. The van der Waals surface area contributed by atoms with Crippen LogP contribution < -0.4 is 5.73 Å². The van der Waals surface area contributed by atoms with Gasteiger partial charge in [-0.3, -0.25) is 0 Å². The second-order valence-electron chi connectivity index (χ2n) is 5.51. The van der Waals surface area contributed by atoms with E-state index in [1.54, 1.807) is 0 Å². The van der Waals surface area contributed by atoms with Gasteiger partial charge in [0.25, 0.3) is 0 Å². The van der Waals surface area contributed by atoms with Crippen molar-refractivity contribution in [1.82, 2.24) is 14.8 Å². The zero-order valence-corrected chi connectivity index (χ0v) is 10.3. The number of aromatic nitrogens is 3. The number of aryl methyl sites for hydroxylation is 1. The molecule has 1 unspecified atom stereocenters. The van der Waals surface area contributed by atoms with Crippen LogP contribution >= 0.6 is 0 Å². The molecule has 0 spiro atoms. The van der Waals surface area contributed by atoms with Gasteiger partial charge in [0, 0.05) is 37.8 Å². The normalized spacial score (nSPS) is 28.1. The van der Waals surface area contributed by atoms with Gasteiger partial charge in [0.15, 0.2) is 0 Å². The molecule has 18 heavy (non-hydrogen) atoms. The lowest BCUT2D eigenvalue weighted by Gasteiger charge is -2.29. The number of nitrogens with two attached hydrogens (primary N) is 1. The van der Waals surface area contributed by atoms with Crippen LogP contribution in [0, 0.1) is 0 Å². The van der Waals surface area contributed by atoms with E-state index in [1.165, 1.54) is 0 Å². The minimum Gasteiger partial charge on any atom is -0.326 e. The largest absolute Gasteiger partial charge is 0.326 e. The lowest BCUT2D eigenvalue weighted by atomic mass is 9.86. The van der Waals surface area contributed by atoms with Gasteiger partial charge in [-0.25, -0.2) is 8.78 Å². The molecule has 1 aliphatic carbocycles. The predicted molar refractivity (Wildman–Crippen MR) is 62.5 cm³/mol. The van der Waals surface area contributed by atoms with E-state index in [-0.39, 0.29) is 24.8 Å². The Hall–Kier alpha value is -1.04.